The van der Waals surface area contributed by atoms with E-state index in [9.17, 15) is 4.79 Å². The first kappa shape index (κ1) is 19.5. The standard InChI is InChI=1S/C24H25N3O4/c1-29-21-8-3-2-5-17(21)14-27-20-7-4-6-19(18(20)13-25-27)26-24(28)12-16-9-10-22-23(11-16)31-15-30-22/h2-3,5,8-11,13,19H,4,6-7,12,14-15H2,1H3,(H,26,28)/t19-/m0/s1. The Morgan fingerprint density at radius 3 is 3.00 bits per heavy atom. The molecule has 1 aliphatic carbocycles. The van der Waals surface area contributed by atoms with Crippen molar-refractivity contribution in [3.8, 4) is 17.2 Å². The maximum absolute atomic E-state index is 12.7. The second-order valence-electron chi connectivity index (χ2n) is 7.89. The van der Waals surface area contributed by atoms with Crippen LogP contribution in [0.4, 0.5) is 0 Å². The summed E-state index contributed by atoms with van der Waals surface area (Å²) in [7, 11) is 1.68. The summed E-state index contributed by atoms with van der Waals surface area (Å²) < 4.78 is 18.3. The summed E-state index contributed by atoms with van der Waals surface area (Å²) in [6, 6.07) is 13.6. The van der Waals surface area contributed by atoms with E-state index in [1.165, 1.54) is 5.69 Å². The lowest BCUT2D eigenvalue weighted by molar-refractivity contribution is -0.121. The fourth-order valence-corrected chi connectivity index (χ4v) is 4.38. The van der Waals surface area contributed by atoms with E-state index in [-0.39, 0.29) is 18.7 Å². The summed E-state index contributed by atoms with van der Waals surface area (Å²) in [5.41, 5.74) is 4.29. The van der Waals surface area contributed by atoms with Gasteiger partial charge < -0.3 is 19.5 Å². The molecule has 2 heterocycles. The van der Waals surface area contributed by atoms with E-state index < -0.39 is 0 Å². The molecular weight excluding hydrogens is 394 g/mol. The number of nitrogens with one attached hydrogen (secondary N) is 1. The minimum absolute atomic E-state index is 0.00538. The second-order valence-corrected chi connectivity index (χ2v) is 7.89. The number of hydrogen-bond donors (Lipinski definition) is 1. The van der Waals surface area contributed by atoms with Crippen LogP contribution in [0, 0.1) is 0 Å². The lowest BCUT2D eigenvalue weighted by Gasteiger charge is -2.24. The summed E-state index contributed by atoms with van der Waals surface area (Å²) in [6.45, 7) is 0.881. The summed E-state index contributed by atoms with van der Waals surface area (Å²) in [4.78, 5) is 12.7. The molecule has 0 bridgehead atoms. The second kappa shape index (κ2) is 8.34. The van der Waals surface area contributed by atoms with Crippen molar-refractivity contribution >= 4 is 5.91 Å². The van der Waals surface area contributed by atoms with Crippen molar-refractivity contribution in [1.82, 2.24) is 15.1 Å². The number of methoxy groups -OCH3 is 1. The molecular formula is C24H25N3O4. The van der Waals surface area contributed by atoms with Crippen LogP contribution in [0.3, 0.4) is 0 Å². The number of carbonyl (C=O) groups is 1. The van der Waals surface area contributed by atoms with Crippen molar-refractivity contribution in [1.29, 1.82) is 0 Å². The highest BCUT2D eigenvalue weighted by atomic mass is 16.7. The Morgan fingerprint density at radius 2 is 2.10 bits per heavy atom. The number of ether oxygens (including phenoxy) is 3. The maximum Gasteiger partial charge on any atom is 0.231 e. The molecule has 1 atom stereocenters. The fourth-order valence-electron chi connectivity index (χ4n) is 4.38. The zero-order chi connectivity index (χ0) is 21.2. The van der Waals surface area contributed by atoms with Gasteiger partial charge in [-0.05, 0) is 43.0 Å². The van der Waals surface area contributed by atoms with E-state index in [1.807, 2.05) is 47.3 Å². The van der Waals surface area contributed by atoms with Gasteiger partial charge in [-0.15, -0.1) is 0 Å². The van der Waals surface area contributed by atoms with Crippen molar-refractivity contribution in [2.24, 2.45) is 0 Å². The van der Waals surface area contributed by atoms with Crippen molar-refractivity contribution in [3.05, 3.63) is 71.0 Å². The van der Waals surface area contributed by atoms with Gasteiger partial charge in [0.25, 0.3) is 0 Å². The van der Waals surface area contributed by atoms with Crippen LogP contribution in [0.15, 0.2) is 48.7 Å². The van der Waals surface area contributed by atoms with E-state index >= 15 is 0 Å². The number of amides is 1. The van der Waals surface area contributed by atoms with Gasteiger partial charge >= 0.3 is 0 Å². The van der Waals surface area contributed by atoms with Crippen LogP contribution in [0.5, 0.6) is 17.2 Å². The third kappa shape index (κ3) is 3.95. The van der Waals surface area contributed by atoms with Crippen LogP contribution in [0.2, 0.25) is 0 Å². The molecule has 1 N–H and O–H groups in total. The van der Waals surface area contributed by atoms with Gasteiger partial charge in [-0.2, -0.15) is 5.10 Å². The number of carbonyl (C=O) groups excluding carboxylic acids is 1. The van der Waals surface area contributed by atoms with E-state index in [0.717, 1.165) is 47.5 Å². The van der Waals surface area contributed by atoms with Crippen LogP contribution in [0.1, 0.15) is 41.3 Å². The Balaban J connectivity index is 1.29. The lowest BCUT2D eigenvalue weighted by atomic mass is 9.92. The molecule has 0 fully saturated rings. The molecule has 0 saturated heterocycles. The van der Waals surface area contributed by atoms with E-state index in [0.29, 0.717) is 18.7 Å². The van der Waals surface area contributed by atoms with Gasteiger partial charge in [0.05, 0.1) is 32.3 Å². The molecule has 1 aromatic heterocycles. The van der Waals surface area contributed by atoms with Gasteiger partial charge in [-0.3, -0.25) is 9.48 Å². The minimum atomic E-state index is -0.0170. The first-order valence-corrected chi connectivity index (χ1v) is 10.6. The predicted octanol–water partition coefficient (Wildman–Crippen LogP) is 3.41. The Morgan fingerprint density at radius 1 is 1.23 bits per heavy atom. The first-order chi connectivity index (χ1) is 15.2. The van der Waals surface area contributed by atoms with Gasteiger partial charge in [0, 0.05) is 16.8 Å². The molecule has 2 aliphatic rings. The largest absolute Gasteiger partial charge is 0.496 e. The number of fused-ring (bicyclic) bond motifs is 2. The third-order valence-corrected chi connectivity index (χ3v) is 5.91. The molecule has 0 saturated carbocycles. The number of para-hydroxylation sites is 1. The van der Waals surface area contributed by atoms with Crippen LogP contribution in [-0.4, -0.2) is 29.6 Å². The van der Waals surface area contributed by atoms with Crippen LogP contribution >= 0.6 is 0 Å². The number of benzene rings is 2. The molecule has 5 rings (SSSR count). The Kier molecular flexibility index (Phi) is 5.24. The molecule has 7 heteroatoms. The van der Waals surface area contributed by atoms with Gasteiger partial charge in [-0.25, -0.2) is 0 Å². The molecule has 0 radical (unpaired) electrons. The number of aromatic nitrogens is 2. The Hall–Kier alpha value is -3.48. The highest BCUT2D eigenvalue weighted by Crippen LogP contribution is 2.33. The molecule has 1 aliphatic heterocycles. The number of hydrogen-bond acceptors (Lipinski definition) is 5. The highest BCUT2D eigenvalue weighted by molar-refractivity contribution is 5.79. The van der Waals surface area contributed by atoms with Gasteiger partial charge in [0.2, 0.25) is 12.7 Å². The van der Waals surface area contributed by atoms with Gasteiger partial charge in [0.15, 0.2) is 11.5 Å². The molecule has 7 nitrogen and oxygen atoms in total. The fraction of sp³-hybridized carbons (Fsp3) is 0.333. The molecule has 1 amide bonds. The Bertz CT molecular complexity index is 1110. The smallest absolute Gasteiger partial charge is 0.231 e. The zero-order valence-electron chi connectivity index (χ0n) is 17.5. The van der Waals surface area contributed by atoms with Crippen LogP contribution < -0.4 is 19.5 Å². The lowest BCUT2D eigenvalue weighted by Crippen LogP contribution is -2.32. The predicted molar refractivity (Wildman–Crippen MR) is 114 cm³/mol. The van der Waals surface area contributed by atoms with Crippen molar-refractivity contribution in [2.75, 3.05) is 13.9 Å². The summed E-state index contributed by atoms with van der Waals surface area (Å²) in [5, 5.41) is 7.83. The number of nitrogens with zero attached hydrogens (tertiary/aromatic N) is 2. The summed E-state index contributed by atoms with van der Waals surface area (Å²) >= 11 is 0. The molecule has 2 aromatic carbocycles. The van der Waals surface area contributed by atoms with Gasteiger partial charge in [-0.1, -0.05) is 24.3 Å². The maximum atomic E-state index is 12.7. The molecule has 160 valence electrons. The van der Waals surface area contributed by atoms with Crippen molar-refractivity contribution in [2.45, 2.75) is 38.3 Å². The van der Waals surface area contributed by atoms with E-state index in [4.69, 9.17) is 14.2 Å². The van der Waals surface area contributed by atoms with Gasteiger partial charge in [0.1, 0.15) is 5.75 Å². The molecule has 31 heavy (non-hydrogen) atoms. The SMILES string of the molecule is COc1ccccc1Cn1ncc2c1CCC[C@@H]2NC(=O)Cc1ccc2c(c1)OCO2. The molecule has 0 unspecified atom stereocenters. The molecule has 3 aromatic rings. The number of rotatable bonds is 6. The third-order valence-electron chi connectivity index (χ3n) is 5.91. The average molecular weight is 419 g/mol. The zero-order valence-corrected chi connectivity index (χ0v) is 17.5. The topological polar surface area (TPSA) is 74.6 Å². The monoisotopic (exact) mass is 419 g/mol. The first-order valence-electron chi connectivity index (χ1n) is 10.6. The van der Waals surface area contributed by atoms with Crippen LogP contribution in [-0.2, 0) is 24.2 Å². The van der Waals surface area contributed by atoms with Crippen molar-refractivity contribution in [3.63, 3.8) is 0 Å². The minimum Gasteiger partial charge on any atom is -0.496 e. The normalized spacial score (nSPS) is 16.6. The van der Waals surface area contributed by atoms with Crippen molar-refractivity contribution < 1.29 is 19.0 Å². The van der Waals surface area contributed by atoms with E-state index in [2.05, 4.69) is 16.5 Å². The van der Waals surface area contributed by atoms with E-state index in [1.54, 1.807) is 7.11 Å². The molecule has 0 spiro atoms. The quantitative estimate of drug-likeness (QED) is 0.663. The summed E-state index contributed by atoms with van der Waals surface area (Å²) in [5.74, 6) is 2.27. The average Bonchev–Trinajstić information content (AvgIpc) is 3.41. The highest BCUT2D eigenvalue weighted by Gasteiger charge is 2.26. The summed E-state index contributed by atoms with van der Waals surface area (Å²) in [6.07, 6.45) is 5.09. The van der Waals surface area contributed by atoms with Crippen LogP contribution in [0.25, 0.3) is 0 Å². The Labute approximate surface area is 180 Å².